The number of hydrogen-bond donors (Lipinski definition) is 1. The molecule has 1 aromatic carbocycles. The minimum absolute atomic E-state index is 0.102. The molecule has 2 aromatic heterocycles. The Morgan fingerprint density at radius 1 is 1.11 bits per heavy atom. The van der Waals surface area contributed by atoms with Gasteiger partial charge < -0.3 is 10.2 Å². The molecule has 1 saturated heterocycles. The van der Waals surface area contributed by atoms with Gasteiger partial charge in [-0.15, -0.1) is 0 Å². The summed E-state index contributed by atoms with van der Waals surface area (Å²) in [6.45, 7) is 2.47. The van der Waals surface area contributed by atoms with E-state index < -0.39 is 0 Å². The minimum atomic E-state index is -0.139. The summed E-state index contributed by atoms with van der Waals surface area (Å²) in [7, 11) is 0. The van der Waals surface area contributed by atoms with Crippen LogP contribution in [0.5, 0.6) is 0 Å². The van der Waals surface area contributed by atoms with E-state index in [-0.39, 0.29) is 12.5 Å². The molecule has 1 aliphatic heterocycles. The van der Waals surface area contributed by atoms with Crippen molar-refractivity contribution in [3.63, 3.8) is 0 Å². The monoisotopic (exact) mass is 398 g/mol. The maximum absolute atomic E-state index is 12.4. The van der Waals surface area contributed by atoms with E-state index in [4.69, 9.17) is 11.6 Å². The number of halogens is 1. The number of rotatable bonds is 5. The molecule has 0 bridgehead atoms. The number of carbonyl (C=O) groups is 1. The Bertz CT molecular complexity index is 964. The summed E-state index contributed by atoms with van der Waals surface area (Å²) in [5.41, 5.74) is 1.57. The lowest BCUT2D eigenvalue weighted by Gasteiger charge is -2.21. The van der Waals surface area contributed by atoms with Crippen LogP contribution in [0.15, 0.2) is 36.8 Å². The van der Waals surface area contributed by atoms with E-state index in [0.717, 1.165) is 29.9 Å². The molecule has 4 rings (SSSR count). The molecule has 8 heteroatoms. The number of amides is 1. The van der Waals surface area contributed by atoms with Gasteiger partial charge in [0.1, 0.15) is 18.7 Å². The Labute approximate surface area is 168 Å². The first-order valence-corrected chi connectivity index (χ1v) is 10.0. The molecule has 0 spiro atoms. The number of benzene rings is 1. The fourth-order valence-electron chi connectivity index (χ4n) is 3.56. The van der Waals surface area contributed by atoms with Crippen molar-refractivity contribution >= 4 is 34.4 Å². The lowest BCUT2D eigenvalue weighted by Crippen LogP contribution is -2.28. The molecule has 0 saturated carbocycles. The molecule has 28 heavy (non-hydrogen) atoms. The third-order valence-electron chi connectivity index (χ3n) is 5.05. The highest BCUT2D eigenvalue weighted by molar-refractivity contribution is 6.31. The van der Waals surface area contributed by atoms with Crippen molar-refractivity contribution in [3.8, 4) is 0 Å². The zero-order valence-corrected chi connectivity index (χ0v) is 16.4. The maximum Gasteiger partial charge on any atom is 0.242 e. The molecular weight excluding hydrogens is 376 g/mol. The van der Waals surface area contributed by atoms with Gasteiger partial charge in [0.2, 0.25) is 5.91 Å². The number of anilines is 1. The number of nitrogens with zero attached hydrogens (tertiary/aromatic N) is 5. The second-order valence-electron chi connectivity index (χ2n) is 7.01. The molecule has 146 valence electrons. The summed E-state index contributed by atoms with van der Waals surface area (Å²) in [6, 6.07) is 7.47. The van der Waals surface area contributed by atoms with E-state index in [0.29, 0.717) is 17.2 Å². The minimum Gasteiger partial charge on any atom is -0.356 e. The first kappa shape index (κ1) is 18.7. The average molecular weight is 399 g/mol. The lowest BCUT2D eigenvalue weighted by molar-refractivity contribution is -0.121. The number of hydrogen-bond acceptors (Lipinski definition) is 5. The predicted molar refractivity (Wildman–Crippen MR) is 109 cm³/mol. The molecule has 0 unspecified atom stereocenters. The highest BCUT2D eigenvalue weighted by atomic mass is 35.5. The van der Waals surface area contributed by atoms with Gasteiger partial charge in [-0.05, 0) is 24.5 Å². The van der Waals surface area contributed by atoms with E-state index in [9.17, 15) is 4.79 Å². The number of fused-ring (bicyclic) bond motifs is 1. The van der Waals surface area contributed by atoms with Crippen molar-refractivity contribution in [2.75, 3.05) is 18.0 Å². The third kappa shape index (κ3) is 4.09. The van der Waals surface area contributed by atoms with Gasteiger partial charge in [0.05, 0.1) is 11.6 Å². The number of carbonyl (C=O) groups excluding carboxylic acids is 1. The highest BCUT2D eigenvalue weighted by Crippen LogP contribution is 2.25. The summed E-state index contributed by atoms with van der Waals surface area (Å²) in [5, 5.41) is 8.81. The fraction of sp³-hybridized carbons (Fsp3) is 0.400. The Kier molecular flexibility index (Phi) is 5.71. The zero-order chi connectivity index (χ0) is 19.3. The Balaban J connectivity index is 1.48. The molecule has 3 aromatic rings. The SMILES string of the molecule is O=C(Cn1ncc2c(N3CCCCCC3)ncnc21)NCc1ccccc1Cl. The molecule has 1 fully saturated rings. The Morgan fingerprint density at radius 3 is 2.68 bits per heavy atom. The van der Waals surface area contributed by atoms with Crippen LogP contribution in [-0.4, -0.2) is 38.7 Å². The quantitative estimate of drug-likeness (QED) is 0.714. The second kappa shape index (κ2) is 8.56. The van der Waals surface area contributed by atoms with Crippen LogP contribution in [0.4, 0.5) is 5.82 Å². The van der Waals surface area contributed by atoms with Gasteiger partial charge in [-0.1, -0.05) is 42.6 Å². The molecular formula is C20H23ClN6O. The molecule has 7 nitrogen and oxygen atoms in total. The van der Waals surface area contributed by atoms with Crippen LogP contribution in [-0.2, 0) is 17.9 Å². The van der Waals surface area contributed by atoms with E-state index in [1.807, 2.05) is 24.3 Å². The summed E-state index contributed by atoms with van der Waals surface area (Å²) < 4.78 is 1.63. The van der Waals surface area contributed by atoms with E-state index >= 15 is 0 Å². The van der Waals surface area contributed by atoms with Crippen LogP contribution in [0.3, 0.4) is 0 Å². The van der Waals surface area contributed by atoms with Gasteiger partial charge in [-0.2, -0.15) is 5.10 Å². The van der Waals surface area contributed by atoms with Crippen molar-refractivity contribution in [1.29, 1.82) is 0 Å². The van der Waals surface area contributed by atoms with Crippen molar-refractivity contribution in [2.24, 2.45) is 0 Å². The summed E-state index contributed by atoms with van der Waals surface area (Å²) in [4.78, 5) is 23.6. The van der Waals surface area contributed by atoms with E-state index in [1.165, 1.54) is 25.7 Å². The van der Waals surface area contributed by atoms with E-state index in [1.54, 1.807) is 17.2 Å². The summed E-state index contributed by atoms with van der Waals surface area (Å²) in [6.07, 6.45) is 8.18. The number of aromatic nitrogens is 4. The number of nitrogens with one attached hydrogen (secondary N) is 1. The summed E-state index contributed by atoms with van der Waals surface area (Å²) >= 11 is 6.14. The van der Waals surface area contributed by atoms with Crippen LogP contribution >= 0.6 is 11.6 Å². The van der Waals surface area contributed by atoms with Crippen LogP contribution < -0.4 is 10.2 Å². The van der Waals surface area contributed by atoms with Crippen molar-refractivity contribution in [3.05, 3.63) is 47.4 Å². The lowest BCUT2D eigenvalue weighted by atomic mass is 10.2. The molecule has 1 amide bonds. The van der Waals surface area contributed by atoms with Crippen molar-refractivity contribution < 1.29 is 4.79 Å². The van der Waals surface area contributed by atoms with Crippen LogP contribution in [0, 0.1) is 0 Å². The van der Waals surface area contributed by atoms with Crippen molar-refractivity contribution in [1.82, 2.24) is 25.1 Å². The van der Waals surface area contributed by atoms with Gasteiger partial charge in [0.15, 0.2) is 5.65 Å². The van der Waals surface area contributed by atoms with Crippen molar-refractivity contribution in [2.45, 2.75) is 38.8 Å². The van der Waals surface area contributed by atoms with Gasteiger partial charge in [-0.25, -0.2) is 14.6 Å². The fourth-order valence-corrected chi connectivity index (χ4v) is 3.76. The molecule has 0 radical (unpaired) electrons. The molecule has 0 aliphatic carbocycles. The normalized spacial score (nSPS) is 14.8. The standard InChI is InChI=1S/C20H23ClN6O/c21-17-8-4-3-7-15(17)11-22-18(28)13-27-20-16(12-25-27)19(23-14-24-20)26-9-5-1-2-6-10-26/h3-4,7-8,12,14H,1-2,5-6,9-11,13H2,(H,22,28). The van der Waals surface area contributed by atoms with Gasteiger partial charge in [-0.3, -0.25) is 4.79 Å². The Morgan fingerprint density at radius 2 is 1.89 bits per heavy atom. The first-order valence-electron chi connectivity index (χ1n) is 9.64. The zero-order valence-electron chi connectivity index (χ0n) is 15.6. The smallest absolute Gasteiger partial charge is 0.242 e. The van der Waals surface area contributed by atoms with E-state index in [2.05, 4.69) is 25.3 Å². The first-order chi connectivity index (χ1) is 13.7. The van der Waals surface area contributed by atoms with Gasteiger partial charge in [0, 0.05) is 24.7 Å². The average Bonchev–Trinajstić information content (AvgIpc) is 2.93. The van der Waals surface area contributed by atoms with Crippen LogP contribution in [0.25, 0.3) is 11.0 Å². The largest absolute Gasteiger partial charge is 0.356 e. The van der Waals surface area contributed by atoms with Crippen LogP contribution in [0.1, 0.15) is 31.2 Å². The van der Waals surface area contributed by atoms with Crippen LogP contribution in [0.2, 0.25) is 5.02 Å². The molecule has 1 aliphatic rings. The predicted octanol–water partition coefficient (Wildman–Crippen LogP) is 3.18. The Hall–Kier alpha value is -2.67. The topological polar surface area (TPSA) is 75.9 Å². The second-order valence-corrected chi connectivity index (χ2v) is 7.41. The maximum atomic E-state index is 12.4. The highest BCUT2D eigenvalue weighted by Gasteiger charge is 2.18. The van der Waals surface area contributed by atoms with Gasteiger partial charge >= 0.3 is 0 Å². The molecule has 0 atom stereocenters. The summed E-state index contributed by atoms with van der Waals surface area (Å²) in [5.74, 6) is 0.773. The third-order valence-corrected chi connectivity index (χ3v) is 5.41. The molecule has 1 N–H and O–H groups in total. The molecule has 3 heterocycles. The van der Waals surface area contributed by atoms with Gasteiger partial charge in [0.25, 0.3) is 0 Å².